The number of hydrogen-bond acceptors (Lipinski definition) is 3. The van der Waals surface area contributed by atoms with E-state index in [-0.39, 0.29) is 12.4 Å². The van der Waals surface area contributed by atoms with Crippen molar-refractivity contribution in [1.29, 1.82) is 0 Å². The summed E-state index contributed by atoms with van der Waals surface area (Å²) >= 11 is 0. The van der Waals surface area contributed by atoms with Crippen LogP contribution in [0.25, 0.3) is 0 Å². The van der Waals surface area contributed by atoms with E-state index in [0.717, 1.165) is 4.90 Å². The standard InChI is InChI=1S/C16H23BFNO4/c1-15(2)16(3,4)23-17(22-15)12-7-6-11(13(18)10-12)8-9-19(5)14(20)21/h6-7,10H,8-9H2,1-5H3,(H,20,21). The van der Waals surface area contributed by atoms with E-state index in [9.17, 15) is 9.18 Å². The molecule has 23 heavy (non-hydrogen) atoms. The second-order valence-corrected chi connectivity index (χ2v) is 6.89. The van der Waals surface area contributed by atoms with Crippen LogP contribution >= 0.6 is 0 Å². The molecule has 0 aliphatic carbocycles. The molecule has 1 heterocycles. The summed E-state index contributed by atoms with van der Waals surface area (Å²) in [6.07, 6.45) is -0.711. The van der Waals surface area contributed by atoms with Crippen LogP contribution in [0.4, 0.5) is 9.18 Å². The van der Waals surface area contributed by atoms with Crippen LogP contribution in [0.5, 0.6) is 0 Å². The van der Waals surface area contributed by atoms with Gasteiger partial charge >= 0.3 is 13.2 Å². The number of hydrogen-bond donors (Lipinski definition) is 1. The molecule has 0 saturated carbocycles. The highest BCUT2D eigenvalue weighted by atomic mass is 19.1. The third-order valence-electron chi connectivity index (χ3n) is 4.65. The van der Waals surface area contributed by atoms with E-state index in [1.165, 1.54) is 13.1 Å². The average molecular weight is 323 g/mol. The quantitative estimate of drug-likeness (QED) is 0.864. The maximum atomic E-state index is 14.3. The van der Waals surface area contributed by atoms with Gasteiger partial charge in [0.15, 0.2) is 0 Å². The van der Waals surface area contributed by atoms with Crippen LogP contribution in [0, 0.1) is 5.82 Å². The van der Waals surface area contributed by atoms with Gasteiger partial charge in [-0.1, -0.05) is 12.1 Å². The molecule has 1 aliphatic heterocycles. The van der Waals surface area contributed by atoms with Gasteiger partial charge in [-0.15, -0.1) is 0 Å². The van der Waals surface area contributed by atoms with Crippen LogP contribution < -0.4 is 5.46 Å². The molecule has 0 radical (unpaired) electrons. The molecule has 1 aliphatic rings. The summed E-state index contributed by atoms with van der Waals surface area (Å²) in [5.74, 6) is -0.379. The second-order valence-electron chi connectivity index (χ2n) is 6.89. The van der Waals surface area contributed by atoms with Crippen LogP contribution in [0.2, 0.25) is 0 Å². The average Bonchev–Trinajstić information content (AvgIpc) is 2.65. The minimum absolute atomic E-state index is 0.238. The lowest BCUT2D eigenvalue weighted by Crippen LogP contribution is -2.41. The molecule has 1 saturated heterocycles. The Hall–Kier alpha value is -1.60. The summed E-state index contributed by atoms with van der Waals surface area (Å²) in [6.45, 7) is 8.01. The maximum Gasteiger partial charge on any atom is 0.494 e. The zero-order valence-corrected chi connectivity index (χ0v) is 14.2. The fourth-order valence-electron chi connectivity index (χ4n) is 2.28. The number of rotatable bonds is 4. The van der Waals surface area contributed by atoms with E-state index < -0.39 is 24.4 Å². The van der Waals surface area contributed by atoms with Crippen molar-refractivity contribution in [1.82, 2.24) is 4.90 Å². The smallest absolute Gasteiger partial charge is 0.465 e. The fraction of sp³-hybridized carbons (Fsp3) is 0.562. The Morgan fingerprint density at radius 3 is 2.30 bits per heavy atom. The number of benzene rings is 1. The monoisotopic (exact) mass is 323 g/mol. The molecule has 1 N–H and O–H groups in total. The van der Waals surface area contributed by atoms with Gasteiger partial charge in [0.05, 0.1) is 11.2 Å². The SMILES string of the molecule is CN(CCc1ccc(B2OC(C)(C)C(C)(C)O2)cc1F)C(=O)O. The molecule has 1 aromatic rings. The second kappa shape index (κ2) is 6.13. The van der Waals surface area contributed by atoms with Crippen LogP contribution in [-0.4, -0.2) is 48.0 Å². The van der Waals surface area contributed by atoms with Crippen LogP contribution in [0.3, 0.4) is 0 Å². The number of likely N-dealkylation sites (N-methyl/N-ethyl adjacent to an activating group) is 1. The Balaban J connectivity index is 2.10. The van der Waals surface area contributed by atoms with Gasteiger partial charge in [-0.2, -0.15) is 0 Å². The predicted octanol–water partition coefficient (Wildman–Crippen LogP) is 2.28. The molecule has 126 valence electrons. The lowest BCUT2D eigenvalue weighted by Gasteiger charge is -2.32. The van der Waals surface area contributed by atoms with E-state index in [0.29, 0.717) is 17.4 Å². The van der Waals surface area contributed by atoms with Gasteiger partial charge in [0.25, 0.3) is 0 Å². The summed E-state index contributed by atoms with van der Waals surface area (Å²) < 4.78 is 26.1. The highest BCUT2D eigenvalue weighted by Gasteiger charge is 2.51. The Kier molecular flexibility index (Phi) is 4.73. The van der Waals surface area contributed by atoms with Crippen LogP contribution in [0.15, 0.2) is 18.2 Å². The summed E-state index contributed by atoms with van der Waals surface area (Å²) in [5, 5.41) is 8.81. The van der Waals surface area contributed by atoms with E-state index in [1.807, 2.05) is 27.7 Å². The van der Waals surface area contributed by atoms with E-state index in [1.54, 1.807) is 12.1 Å². The van der Waals surface area contributed by atoms with Gasteiger partial charge in [-0.05, 0) is 51.2 Å². The van der Waals surface area contributed by atoms with Gasteiger partial charge in [0, 0.05) is 13.6 Å². The minimum Gasteiger partial charge on any atom is -0.465 e. The van der Waals surface area contributed by atoms with Crippen molar-refractivity contribution in [2.24, 2.45) is 0 Å². The van der Waals surface area contributed by atoms with Crippen molar-refractivity contribution in [3.8, 4) is 0 Å². The summed E-state index contributed by atoms with van der Waals surface area (Å²) in [6, 6.07) is 4.82. The first-order valence-corrected chi connectivity index (χ1v) is 7.61. The molecule has 1 aromatic carbocycles. The van der Waals surface area contributed by atoms with E-state index in [2.05, 4.69) is 0 Å². The van der Waals surface area contributed by atoms with E-state index in [4.69, 9.17) is 14.4 Å². The molecule has 0 bridgehead atoms. The van der Waals surface area contributed by atoms with Gasteiger partial charge in [0.2, 0.25) is 0 Å². The maximum absolute atomic E-state index is 14.3. The molecule has 0 atom stereocenters. The molecule has 0 aromatic heterocycles. The van der Waals surface area contributed by atoms with Gasteiger partial charge in [0.1, 0.15) is 5.82 Å². The summed E-state index contributed by atoms with van der Waals surface area (Å²) in [5.41, 5.74) is 0.142. The normalized spacial score (nSPS) is 19.0. The van der Waals surface area contributed by atoms with Crippen molar-refractivity contribution < 1.29 is 23.6 Å². The van der Waals surface area contributed by atoms with Gasteiger partial charge in [-0.3, -0.25) is 0 Å². The molecule has 0 unspecified atom stereocenters. The number of carboxylic acid groups (broad SMARTS) is 1. The van der Waals surface area contributed by atoms with Gasteiger partial charge < -0.3 is 19.3 Å². The third-order valence-corrected chi connectivity index (χ3v) is 4.65. The summed E-state index contributed by atoms with van der Waals surface area (Å²) in [4.78, 5) is 11.9. The van der Waals surface area contributed by atoms with Crippen molar-refractivity contribution in [3.63, 3.8) is 0 Å². The van der Waals surface area contributed by atoms with Crippen molar-refractivity contribution in [2.45, 2.75) is 45.3 Å². The zero-order valence-electron chi connectivity index (χ0n) is 14.2. The topological polar surface area (TPSA) is 59.0 Å². The Bertz CT molecular complexity index is 590. The first kappa shape index (κ1) is 17.8. The largest absolute Gasteiger partial charge is 0.494 e. The lowest BCUT2D eigenvalue weighted by atomic mass is 9.78. The number of nitrogens with zero attached hydrogens (tertiary/aromatic N) is 1. The minimum atomic E-state index is -1.03. The summed E-state index contributed by atoms with van der Waals surface area (Å²) in [7, 11) is 0.851. The number of halogens is 1. The van der Waals surface area contributed by atoms with Crippen LogP contribution in [0.1, 0.15) is 33.3 Å². The fourth-order valence-corrected chi connectivity index (χ4v) is 2.28. The van der Waals surface area contributed by atoms with Crippen molar-refractivity contribution in [2.75, 3.05) is 13.6 Å². The predicted molar refractivity (Wildman–Crippen MR) is 86.5 cm³/mol. The van der Waals surface area contributed by atoms with Crippen LogP contribution in [-0.2, 0) is 15.7 Å². The highest BCUT2D eigenvalue weighted by molar-refractivity contribution is 6.62. The molecule has 1 fully saturated rings. The highest BCUT2D eigenvalue weighted by Crippen LogP contribution is 2.36. The van der Waals surface area contributed by atoms with Gasteiger partial charge in [-0.25, -0.2) is 9.18 Å². The first-order chi connectivity index (χ1) is 10.5. The van der Waals surface area contributed by atoms with Crippen molar-refractivity contribution >= 4 is 18.7 Å². The Morgan fingerprint density at radius 1 is 1.26 bits per heavy atom. The third kappa shape index (κ3) is 3.67. The Morgan fingerprint density at radius 2 is 1.83 bits per heavy atom. The van der Waals surface area contributed by atoms with Crippen molar-refractivity contribution in [3.05, 3.63) is 29.6 Å². The number of carbonyl (C=O) groups is 1. The van der Waals surface area contributed by atoms with E-state index >= 15 is 0 Å². The molecule has 2 rings (SSSR count). The molecule has 0 spiro atoms. The Labute approximate surface area is 136 Å². The molecular formula is C16H23BFNO4. The lowest BCUT2D eigenvalue weighted by molar-refractivity contribution is 0.00578. The zero-order chi connectivity index (χ0) is 17.4. The molecule has 1 amide bonds. The number of amides is 1. The first-order valence-electron chi connectivity index (χ1n) is 7.61. The molecule has 5 nitrogen and oxygen atoms in total. The molecular weight excluding hydrogens is 300 g/mol. The molecule has 7 heteroatoms.